The molecule has 0 bridgehead atoms. The van der Waals surface area contributed by atoms with E-state index in [2.05, 4.69) is 39.0 Å². The monoisotopic (exact) mass is 190 g/mol. The number of aryl methyl sites for hydroxylation is 1. The van der Waals surface area contributed by atoms with Gasteiger partial charge in [0.15, 0.2) is 0 Å². The van der Waals surface area contributed by atoms with E-state index in [0.717, 1.165) is 18.3 Å². The molecule has 76 valence electrons. The molecular formula is C13H18O. The number of hydrogen-bond acceptors (Lipinski definition) is 1. The maximum absolute atomic E-state index is 10.4. The van der Waals surface area contributed by atoms with Gasteiger partial charge in [-0.2, -0.15) is 0 Å². The maximum Gasteiger partial charge on any atom is 0.124 e. The van der Waals surface area contributed by atoms with Crippen LogP contribution in [-0.2, 0) is 17.6 Å². The minimum absolute atomic E-state index is 0.536. The molecule has 0 radical (unpaired) electrons. The van der Waals surface area contributed by atoms with Gasteiger partial charge in [-0.05, 0) is 36.0 Å². The van der Waals surface area contributed by atoms with Gasteiger partial charge in [-0.3, -0.25) is 0 Å². The Bertz CT molecular complexity index is 313. The van der Waals surface area contributed by atoms with Gasteiger partial charge in [-0.1, -0.05) is 32.0 Å². The zero-order chi connectivity index (χ0) is 10.6. The Labute approximate surface area is 86.1 Å². The standard InChI is InChI=1S/C13H18O/c1-10(2)8-12-4-5-13(6-7-14)11(3)9-12/h4-5,7,9-10H,6,8H2,1-3H3. The van der Waals surface area contributed by atoms with Gasteiger partial charge in [0.05, 0.1) is 0 Å². The predicted octanol–water partition coefficient (Wildman–Crippen LogP) is 2.93. The highest BCUT2D eigenvalue weighted by Crippen LogP contribution is 2.14. The number of carbonyl (C=O) groups excluding carboxylic acids is 1. The van der Waals surface area contributed by atoms with Gasteiger partial charge < -0.3 is 4.79 Å². The van der Waals surface area contributed by atoms with Gasteiger partial charge in [0.25, 0.3) is 0 Å². The molecule has 0 heterocycles. The lowest BCUT2D eigenvalue weighted by atomic mass is 9.97. The van der Waals surface area contributed by atoms with E-state index >= 15 is 0 Å². The van der Waals surface area contributed by atoms with Crippen molar-refractivity contribution in [3.8, 4) is 0 Å². The summed E-state index contributed by atoms with van der Waals surface area (Å²) < 4.78 is 0. The Balaban J connectivity index is 2.83. The summed E-state index contributed by atoms with van der Waals surface area (Å²) in [6.07, 6.45) is 2.61. The normalized spacial score (nSPS) is 10.6. The predicted molar refractivity (Wildman–Crippen MR) is 59.5 cm³/mol. The zero-order valence-electron chi connectivity index (χ0n) is 9.21. The van der Waals surface area contributed by atoms with Crippen molar-refractivity contribution in [1.82, 2.24) is 0 Å². The lowest BCUT2D eigenvalue weighted by Crippen LogP contribution is -1.97. The van der Waals surface area contributed by atoms with Crippen molar-refractivity contribution in [2.24, 2.45) is 5.92 Å². The first-order valence-electron chi connectivity index (χ1n) is 5.15. The number of carbonyl (C=O) groups is 1. The third-order valence-electron chi connectivity index (χ3n) is 2.35. The Morgan fingerprint density at radius 2 is 2.07 bits per heavy atom. The molecule has 0 aromatic heterocycles. The van der Waals surface area contributed by atoms with Gasteiger partial charge in [-0.15, -0.1) is 0 Å². The second-order valence-electron chi connectivity index (χ2n) is 4.23. The lowest BCUT2D eigenvalue weighted by Gasteiger charge is -2.08. The molecule has 0 N–H and O–H groups in total. The second-order valence-corrected chi connectivity index (χ2v) is 4.23. The van der Waals surface area contributed by atoms with E-state index in [1.807, 2.05) is 0 Å². The van der Waals surface area contributed by atoms with Gasteiger partial charge in [0.1, 0.15) is 6.29 Å². The highest BCUT2D eigenvalue weighted by molar-refractivity contribution is 5.56. The van der Waals surface area contributed by atoms with Crippen LogP contribution in [0, 0.1) is 12.8 Å². The van der Waals surface area contributed by atoms with E-state index in [-0.39, 0.29) is 0 Å². The molecule has 0 unspecified atom stereocenters. The topological polar surface area (TPSA) is 17.1 Å². The summed E-state index contributed by atoms with van der Waals surface area (Å²) in [5, 5.41) is 0. The van der Waals surface area contributed by atoms with Crippen molar-refractivity contribution >= 4 is 6.29 Å². The quantitative estimate of drug-likeness (QED) is 0.667. The molecule has 1 heteroatoms. The van der Waals surface area contributed by atoms with E-state index in [4.69, 9.17) is 0 Å². The summed E-state index contributed by atoms with van der Waals surface area (Å²) in [7, 11) is 0. The van der Waals surface area contributed by atoms with E-state index in [9.17, 15) is 4.79 Å². The van der Waals surface area contributed by atoms with Gasteiger partial charge >= 0.3 is 0 Å². The molecule has 14 heavy (non-hydrogen) atoms. The SMILES string of the molecule is Cc1cc(CC(C)C)ccc1CC=O. The molecule has 0 aliphatic carbocycles. The molecule has 1 nitrogen and oxygen atoms in total. The second kappa shape index (κ2) is 4.94. The van der Waals surface area contributed by atoms with Crippen LogP contribution in [-0.4, -0.2) is 6.29 Å². The fourth-order valence-corrected chi connectivity index (χ4v) is 1.68. The van der Waals surface area contributed by atoms with Crippen molar-refractivity contribution < 1.29 is 4.79 Å². The van der Waals surface area contributed by atoms with Crippen LogP contribution in [0.15, 0.2) is 18.2 Å². The smallest absolute Gasteiger partial charge is 0.124 e. The molecule has 1 rings (SSSR count). The van der Waals surface area contributed by atoms with Crippen LogP contribution in [0.1, 0.15) is 30.5 Å². The fourth-order valence-electron chi connectivity index (χ4n) is 1.68. The van der Waals surface area contributed by atoms with E-state index in [1.165, 1.54) is 11.1 Å². The molecule has 1 aromatic rings. The highest BCUT2D eigenvalue weighted by Gasteiger charge is 2.01. The minimum Gasteiger partial charge on any atom is -0.303 e. The number of hydrogen-bond donors (Lipinski definition) is 0. The third-order valence-corrected chi connectivity index (χ3v) is 2.35. The number of benzene rings is 1. The average molecular weight is 190 g/mol. The molecule has 0 saturated carbocycles. The summed E-state index contributed by atoms with van der Waals surface area (Å²) in [6.45, 7) is 6.51. The summed E-state index contributed by atoms with van der Waals surface area (Å²) in [5.41, 5.74) is 3.75. The first kappa shape index (κ1) is 11.0. The Kier molecular flexibility index (Phi) is 3.87. The van der Waals surface area contributed by atoms with Crippen LogP contribution in [0.5, 0.6) is 0 Å². The molecule has 0 saturated heterocycles. The summed E-state index contributed by atoms with van der Waals surface area (Å²) in [5.74, 6) is 0.686. The largest absolute Gasteiger partial charge is 0.303 e. The molecule has 0 aliphatic heterocycles. The molecule has 0 spiro atoms. The van der Waals surface area contributed by atoms with Gasteiger partial charge in [-0.25, -0.2) is 0 Å². The first-order valence-corrected chi connectivity index (χ1v) is 5.15. The van der Waals surface area contributed by atoms with Crippen LogP contribution in [0.2, 0.25) is 0 Å². The third kappa shape index (κ3) is 2.99. The fraction of sp³-hybridized carbons (Fsp3) is 0.462. The molecule has 0 amide bonds. The Morgan fingerprint density at radius 1 is 1.36 bits per heavy atom. The van der Waals surface area contributed by atoms with Crippen LogP contribution in [0.3, 0.4) is 0 Å². The summed E-state index contributed by atoms with van der Waals surface area (Å²) in [4.78, 5) is 10.4. The molecule has 1 aromatic carbocycles. The van der Waals surface area contributed by atoms with Crippen molar-refractivity contribution in [3.05, 3.63) is 34.9 Å². The van der Waals surface area contributed by atoms with Crippen molar-refractivity contribution in [3.63, 3.8) is 0 Å². The van der Waals surface area contributed by atoms with E-state index < -0.39 is 0 Å². The van der Waals surface area contributed by atoms with Crippen molar-refractivity contribution in [1.29, 1.82) is 0 Å². The lowest BCUT2D eigenvalue weighted by molar-refractivity contribution is -0.107. The molecule has 0 aliphatic rings. The van der Waals surface area contributed by atoms with Crippen LogP contribution in [0.4, 0.5) is 0 Å². The van der Waals surface area contributed by atoms with Crippen molar-refractivity contribution in [2.75, 3.05) is 0 Å². The van der Waals surface area contributed by atoms with Crippen LogP contribution in [0.25, 0.3) is 0 Å². The van der Waals surface area contributed by atoms with E-state index in [1.54, 1.807) is 0 Å². The summed E-state index contributed by atoms with van der Waals surface area (Å²) >= 11 is 0. The Hall–Kier alpha value is -1.11. The average Bonchev–Trinajstić information content (AvgIpc) is 2.09. The molecular weight excluding hydrogens is 172 g/mol. The van der Waals surface area contributed by atoms with Gasteiger partial charge in [0.2, 0.25) is 0 Å². The number of rotatable bonds is 4. The molecule has 0 fully saturated rings. The zero-order valence-corrected chi connectivity index (χ0v) is 9.21. The minimum atomic E-state index is 0.536. The van der Waals surface area contributed by atoms with Crippen LogP contribution >= 0.6 is 0 Å². The first-order chi connectivity index (χ1) is 6.63. The van der Waals surface area contributed by atoms with Crippen molar-refractivity contribution in [2.45, 2.75) is 33.6 Å². The van der Waals surface area contributed by atoms with Gasteiger partial charge in [0, 0.05) is 6.42 Å². The van der Waals surface area contributed by atoms with E-state index in [0.29, 0.717) is 12.3 Å². The summed E-state index contributed by atoms with van der Waals surface area (Å²) in [6, 6.07) is 6.39. The Morgan fingerprint density at radius 3 is 2.57 bits per heavy atom. The maximum atomic E-state index is 10.4. The highest BCUT2D eigenvalue weighted by atomic mass is 16.1. The van der Waals surface area contributed by atoms with Crippen LogP contribution < -0.4 is 0 Å². The number of aldehydes is 1. The molecule has 0 atom stereocenters.